The predicted molar refractivity (Wildman–Crippen MR) is 113 cm³/mol. The van der Waals surface area contributed by atoms with Gasteiger partial charge in [-0.2, -0.15) is 5.10 Å². The van der Waals surface area contributed by atoms with Crippen LogP contribution >= 0.6 is 11.9 Å². The third kappa shape index (κ3) is 3.46. The molecule has 0 radical (unpaired) electrons. The van der Waals surface area contributed by atoms with Crippen LogP contribution in [0.1, 0.15) is 24.3 Å². The predicted octanol–water partition coefficient (Wildman–Crippen LogP) is 5.91. The van der Waals surface area contributed by atoms with E-state index in [1.165, 1.54) is 30.4 Å². The van der Waals surface area contributed by atoms with Gasteiger partial charge in [-0.3, -0.25) is 4.98 Å². The largest absolute Gasteiger partial charge is 0.330 e. The van der Waals surface area contributed by atoms with Crippen molar-refractivity contribution in [3.63, 3.8) is 0 Å². The number of pyridine rings is 2. The highest BCUT2D eigenvalue weighted by atomic mass is 32.2. The smallest absolute Gasteiger partial charge is 0.152 e. The van der Waals surface area contributed by atoms with Crippen LogP contribution in [0.3, 0.4) is 0 Å². The summed E-state index contributed by atoms with van der Waals surface area (Å²) in [5.74, 6) is -0.731. The van der Waals surface area contributed by atoms with E-state index in [9.17, 15) is 8.78 Å². The van der Waals surface area contributed by atoms with Gasteiger partial charge < -0.3 is 4.72 Å². The molecule has 29 heavy (non-hydrogen) atoms. The van der Waals surface area contributed by atoms with Crippen molar-refractivity contribution >= 4 is 23.2 Å². The van der Waals surface area contributed by atoms with Gasteiger partial charge in [0.1, 0.15) is 11.5 Å². The van der Waals surface area contributed by atoms with Crippen molar-refractivity contribution in [1.82, 2.24) is 14.6 Å². The fourth-order valence-electron chi connectivity index (χ4n) is 3.60. The van der Waals surface area contributed by atoms with Gasteiger partial charge in [-0.25, -0.2) is 13.3 Å². The SMILES string of the molecule is CSNc1cc(-c2ncc(F)cc2F)cc(-c2cnn3cc(C4CC4)ccc23)c1. The summed E-state index contributed by atoms with van der Waals surface area (Å²) in [6.45, 7) is 0. The lowest BCUT2D eigenvalue weighted by atomic mass is 10.0. The molecule has 0 atom stereocenters. The summed E-state index contributed by atoms with van der Waals surface area (Å²) in [5.41, 5.74) is 5.62. The highest BCUT2D eigenvalue weighted by Gasteiger charge is 2.24. The number of fused-ring (bicyclic) bond motifs is 1. The molecule has 1 aliphatic rings. The Balaban J connectivity index is 1.64. The van der Waals surface area contributed by atoms with Gasteiger partial charge in [0.2, 0.25) is 0 Å². The summed E-state index contributed by atoms with van der Waals surface area (Å²) in [5, 5.41) is 4.52. The van der Waals surface area contributed by atoms with Crippen LogP contribution in [0.2, 0.25) is 0 Å². The fraction of sp³-hybridized carbons (Fsp3) is 0.182. The lowest BCUT2D eigenvalue weighted by Crippen LogP contribution is -1.94. The van der Waals surface area contributed by atoms with Crippen LogP contribution in [-0.4, -0.2) is 20.9 Å². The third-order valence-electron chi connectivity index (χ3n) is 5.13. The zero-order chi connectivity index (χ0) is 20.0. The zero-order valence-corrected chi connectivity index (χ0v) is 16.5. The van der Waals surface area contributed by atoms with Gasteiger partial charge >= 0.3 is 0 Å². The lowest BCUT2D eigenvalue weighted by Gasteiger charge is -2.11. The molecule has 1 aromatic carbocycles. The van der Waals surface area contributed by atoms with E-state index in [2.05, 4.69) is 33.1 Å². The molecule has 3 heterocycles. The van der Waals surface area contributed by atoms with Gasteiger partial charge in [-0.1, -0.05) is 18.0 Å². The van der Waals surface area contributed by atoms with Crippen LogP contribution < -0.4 is 4.72 Å². The molecule has 4 nitrogen and oxygen atoms in total. The monoisotopic (exact) mass is 408 g/mol. The van der Waals surface area contributed by atoms with Gasteiger partial charge in [0.15, 0.2) is 5.82 Å². The minimum atomic E-state index is -0.695. The molecule has 146 valence electrons. The van der Waals surface area contributed by atoms with E-state index in [-0.39, 0.29) is 5.69 Å². The highest BCUT2D eigenvalue weighted by Crippen LogP contribution is 2.40. The molecule has 0 aliphatic heterocycles. The van der Waals surface area contributed by atoms with E-state index in [1.807, 2.05) is 29.1 Å². The molecule has 0 unspecified atom stereocenters. The molecule has 1 aliphatic carbocycles. The molecule has 0 bridgehead atoms. The average molecular weight is 408 g/mol. The number of aromatic nitrogens is 3. The Morgan fingerprint density at radius 2 is 1.90 bits per heavy atom. The quantitative estimate of drug-likeness (QED) is 0.417. The lowest BCUT2D eigenvalue weighted by molar-refractivity contribution is 0.576. The molecule has 0 amide bonds. The molecule has 3 aromatic heterocycles. The minimum absolute atomic E-state index is 0.116. The van der Waals surface area contributed by atoms with E-state index in [0.717, 1.165) is 34.6 Å². The Labute approximate surface area is 171 Å². The number of halogens is 2. The highest BCUT2D eigenvalue weighted by molar-refractivity contribution is 7.99. The second kappa shape index (κ2) is 7.15. The van der Waals surface area contributed by atoms with Crippen molar-refractivity contribution in [3.8, 4) is 22.4 Å². The first-order valence-electron chi connectivity index (χ1n) is 9.35. The number of anilines is 1. The standard InChI is InChI=1S/C22H18F2N4S/c1-29-27-18-7-15(6-16(8-18)22-20(24)9-17(23)10-25-22)19-11-26-28-12-14(13-2-3-13)4-5-21(19)28/h4-13,27H,2-3H2,1H3. The maximum atomic E-state index is 14.4. The van der Waals surface area contributed by atoms with Crippen LogP contribution in [0.5, 0.6) is 0 Å². The van der Waals surface area contributed by atoms with Crippen molar-refractivity contribution in [2.24, 2.45) is 0 Å². The Hall–Kier alpha value is -2.93. The minimum Gasteiger partial charge on any atom is -0.330 e. The van der Waals surface area contributed by atoms with Gasteiger partial charge in [0.05, 0.1) is 17.9 Å². The van der Waals surface area contributed by atoms with E-state index < -0.39 is 11.6 Å². The van der Waals surface area contributed by atoms with Gasteiger partial charge in [0, 0.05) is 35.3 Å². The first-order valence-corrected chi connectivity index (χ1v) is 10.6. The van der Waals surface area contributed by atoms with Crippen molar-refractivity contribution in [3.05, 3.63) is 72.2 Å². The van der Waals surface area contributed by atoms with Crippen LogP contribution in [0.4, 0.5) is 14.5 Å². The third-order valence-corrected chi connectivity index (χ3v) is 5.57. The fourth-order valence-corrected chi connectivity index (χ4v) is 3.96. The summed E-state index contributed by atoms with van der Waals surface area (Å²) < 4.78 is 32.8. The van der Waals surface area contributed by atoms with E-state index >= 15 is 0 Å². The van der Waals surface area contributed by atoms with Gasteiger partial charge in [-0.05, 0) is 54.2 Å². The maximum Gasteiger partial charge on any atom is 0.152 e. The second-order valence-electron chi connectivity index (χ2n) is 7.21. The normalized spacial score (nSPS) is 13.8. The molecule has 1 fully saturated rings. The molecule has 0 saturated heterocycles. The summed E-state index contributed by atoms with van der Waals surface area (Å²) in [6, 6.07) is 10.8. The first-order chi connectivity index (χ1) is 14.1. The van der Waals surface area contributed by atoms with Crippen molar-refractivity contribution < 1.29 is 8.78 Å². The molecular formula is C22H18F2N4S. The van der Waals surface area contributed by atoms with Crippen LogP contribution in [0.15, 0.2) is 55.0 Å². The number of nitrogens with one attached hydrogen (secondary N) is 1. The number of benzene rings is 1. The Bertz CT molecular complexity index is 1220. The summed E-state index contributed by atoms with van der Waals surface area (Å²) >= 11 is 1.44. The Morgan fingerprint density at radius 3 is 2.66 bits per heavy atom. The molecule has 0 spiro atoms. The van der Waals surface area contributed by atoms with Crippen molar-refractivity contribution in [2.45, 2.75) is 18.8 Å². The Kier molecular flexibility index (Phi) is 4.47. The summed E-state index contributed by atoms with van der Waals surface area (Å²) in [7, 11) is 0. The number of rotatable bonds is 5. The first kappa shape index (κ1) is 18.1. The van der Waals surface area contributed by atoms with Crippen molar-refractivity contribution in [1.29, 1.82) is 0 Å². The zero-order valence-electron chi connectivity index (χ0n) is 15.7. The maximum absolute atomic E-state index is 14.4. The van der Waals surface area contributed by atoms with E-state index in [4.69, 9.17) is 0 Å². The molecule has 4 aromatic rings. The molecule has 7 heteroatoms. The summed E-state index contributed by atoms with van der Waals surface area (Å²) in [4.78, 5) is 3.97. The molecule has 5 rings (SSSR count). The van der Waals surface area contributed by atoms with Crippen LogP contribution in [0.25, 0.3) is 27.9 Å². The Morgan fingerprint density at radius 1 is 1.07 bits per heavy atom. The van der Waals surface area contributed by atoms with E-state index in [0.29, 0.717) is 11.5 Å². The van der Waals surface area contributed by atoms with E-state index in [1.54, 1.807) is 6.07 Å². The summed E-state index contributed by atoms with van der Waals surface area (Å²) in [6.07, 6.45) is 9.33. The van der Waals surface area contributed by atoms with Gasteiger partial charge in [-0.15, -0.1) is 0 Å². The van der Waals surface area contributed by atoms with Crippen molar-refractivity contribution in [2.75, 3.05) is 11.0 Å². The van der Waals surface area contributed by atoms with Crippen LogP contribution in [-0.2, 0) is 0 Å². The molecule has 1 saturated carbocycles. The molecule has 1 N–H and O–H groups in total. The average Bonchev–Trinajstić information content (AvgIpc) is 3.47. The topological polar surface area (TPSA) is 42.2 Å². The number of hydrogen-bond donors (Lipinski definition) is 1. The van der Waals surface area contributed by atoms with Gasteiger partial charge in [0.25, 0.3) is 0 Å². The number of hydrogen-bond acceptors (Lipinski definition) is 4. The molecular weight excluding hydrogens is 390 g/mol. The van der Waals surface area contributed by atoms with Crippen LogP contribution in [0, 0.1) is 11.6 Å². The number of nitrogens with zero attached hydrogens (tertiary/aromatic N) is 3. The second-order valence-corrected chi connectivity index (χ2v) is 7.83.